The van der Waals surface area contributed by atoms with Gasteiger partial charge in [0.1, 0.15) is 17.1 Å². The number of nitrogens with zero attached hydrogens (tertiary/aromatic N) is 2. The first-order valence-electron chi connectivity index (χ1n) is 9.97. The van der Waals surface area contributed by atoms with Crippen molar-refractivity contribution in [2.45, 2.75) is 44.6 Å². The summed E-state index contributed by atoms with van der Waals surface area (Å²) in [5, 5.41) is 4.10. The van der Waals surface area contributed by atoms with Crippen LogP contribution in [0.15, 0.2) is 18.5 Å². The second kappa shape index (κ2) is 7.61. The molecule has 1 saturated heterocycles. The molecule has 3 heterocycles. The molecule has 1 aliphatic heterocycles. The predicted octanol–water partition coefficient (Wildman–Crippen LogP) is 3.19. The molecule has 2 aromatic heterocycles. The van der Waals surface area contributed by atoms with Gasteiger partial charge in [-0.15, -0.1) is 0 Å². The summed E-state index contributed by atoms with van der Waals surface area (Å²) in [5.41, 5.74) is 1.54. The predicted molar refractivity (Wildman–Crippen MR) is 103 cm³/mol. The fourth-order valence-electron chi connectivity index (χ4n) is 3.79. The Morgan fingerprint density at radius 3 is 2.97 bits per heavy atom. The number of hydrogen-bond donors (Lipinski definition) is 2. The molecule has 2 aromatic rings. The number of rotatable bonds is 6. The van der Waals surface area contributed by atoms with Crippen molar-refractivity contribution >= 4 is 28.6 Å². The van der Waals surface area contributed by atoms with Gasteiger partial charge in [-0.2, -0.15) is 0 Å². The van der Waals surface area contributed by atoms with Gasteiger partial charge in [-0.1, -0.05) is 6.92 Å². The fraction of sp³-hybridized carbons (Fsp3) is 0.550. The summed E-state index contributed by atoms with van der Waals surface area (Å²) in [7, 11) is 0. The van der Waals surface area contributed by atoms with Crippen LogP contribution in [0.3, 0.4) is 0 Å². The number of anilines is 1. The quantitative estimate of drug-likeness (QED) is 0.720. The summed E-state index contributed by atoms with van der Waals surface area (Å²) in [4.78, 5) is 33.7. The molecule has 1 saturated carbocycles. The number of fused-ring (bicyclic) bond motifs is 1. The third-order valence-electron chi connectivity index (χ3n) is 5.45. The molecule has 0 radical (unpaired) electrons. The SMILES string of the molecule is CCCOC(=O)c1cnc2[nH]ccc2c1NC1CCCN(C(=O)[C@@H]2CC2(F)F)C1. The zero-order valence-electron chi connectivity index (χ0n) is 16.2. The van der Waals surface area contributed by atoms with Gasteiger partial charge in [0.2, 0.25) is 5.91 Å². The number of carbonyl (C=O) groups is 2. The van der Waals surface area contributed by atoms with E-state index in [1.54, 1.807) is 6.20 Å². The maximum Gasteiger partial charge on any atom is 0.341 e. The number of esters is 1. The van der Waals surface area contributed by atoms with Crippen LogP contribution in [0.1, 0.15) is 43.0 Å². The second-order valence-electron chi connectivity index (χ2n) is 7.71. The lowest BCUT2D eigenvalue weighted by molar-refractivity contribution is -0.135. The van der Waals surface area contributed by atoms with Crippen molar-refractivity contribution < 1.29 is 23.1 Å². The molecule has 7 nitrogen and oxygen atoms in total. The molecule has 2 atom stereocenters. The lowest BCUT2D eigenvalue weighted by Crippen LogP contribution is -2.46. The number of H-pyrrole nitrogens is 1. The van der Waals surface area contributed by atoms with Crippen LogP contribution >= 0.6 is 0 Å². The Bertz CT molecular complexity index is 930. The van der Waals surface area contributed by atoms with E-state index in [0.29, 0.717) is 49.4 Å². The molecule has 156 valence electrons. The van der Waals surface area contributed by atoms with Gasteiger partial charge in [0, 0.05) is 43.3 Å². The molecule has 2 aliphatic rings. The molecule has 0 bridgehead atoms. The largest absolute Gasteiger partial charge is 0.462 e. The fourth-order valence-corrected chi connectivity index (χ4v) is 3.79. The van der Waals surface area contributed by atoms with E-state index in [2.05, 4.69) is 15.3 Å². The van der Waals surface area contributed by atoms with Crippen LogP contribution < -0.4 is 5.32 Å². The van der Waals surface area contributed by atoms with Crippen LogP contribution in [0, 0.1) is 5.92 Å². The van der Waals surface area contributed by atoms with E-state index < -0.39 is 23.7 Å². The van der Waals surface area contributed by atoms with Gasteiger partial charge >= 0.3 is 5.97 Å². The van der Waals surface area contributed by atoms with Gasteiger partial charge < -0.3 is 19.9 Å². The van der Waals surface area contributed by atoms with Crippen molar-refractivity contribution in [3.05, 3.63) is 24.0 Å². The Morgan fingerprint density at radius 2 is 2.24 bits per heavy atom. The molecule has 0 aromatic carbocycles. The van der Waals surface area contributed by atoms with Gasteiger partial charge in [0.25, 0.3) is 5.92 Å². The van der Waals surface area contributed by atoms with Crippen LogP contribution in [-0.4, -0.2) is 58.4 Å². The number of alkyl halides is 2. The minimum absolute atomic E-state index is 0.154. The Labute approximate surface area is 166 Å². The average molecular weight is 406 g/mol. The highest BCUT2D eigenvalue weighted by molar-refractivity contribution is 6.04. The molecule has 1 unspecified atom stereocenters. The number of ether oxygens (including phenoxy) is 1. The minimum Gasteiger partial charge on any atom is -0.462 e. The van der Waals surface area contributed by atoms with E-state index in [4.69, 9.17) is 4.74 Å². The van der Waals surface area contributed by atoms with Gasteiger partial charge in [0.05, 0.1) is 12.3 Å². The number of piperidine rings is 1. The van der Waals surface area contributed by atoms with E-state index >= 15 is 0 Å². The number of pyridine rings is 1. The Morgan fingerprint density at radius 1 is 1.45 bits per heavy atom. The second-order valence-corrected chi connectivity index (χ2v) is 7.71. The van der Waals surface area contributed by atoms with E-state index in [0.717, 1.165) is 11.8 Å². The van der Waals surface area contributed by atoms with Crippen LogP contribution in [0.4, 0.5) is 14.5 Å². The zero-order valence-corrected chi connectivity index (χ0v) is 16.2. The minimum atomic E-state index is -2.87. The zero-order chi connectivity index (χ0) is 20.6. The maximum atomic E-state index is 13.3. The summed E-state index contributed by atoms with van der Waals surface area (Å²) >= 11 is 0. The molecule has 0 spiro atoms. The third-order valence-corrected chi connectivity index (χ3v) is 5.45. The van der Waals surface area contributed by atoms with Gasteiger partial charge in [-0.05, 0) is 25.3 Å². The normalized spacial score (nSPS) is 23.1. The van der Waals surface area contributed by atoms with Crippen molar-refractivity contribution in [1.29, 1.82) is 0 Å². The van der Waals surface area contributed by atoms with Crippen molar-refractivity contribution in [2.24, 2.45) is 5.92 Å². The Kier molecular flexibility index (Phi) is 5.14. The number of carbonyl (C=O) groups excluding carboxylic acids is 2. The number of aromatic amines is 1. The number of likely N-dealkylation sites (tertiary alicyclic amines) is 1. The molecular weight excluding hydrogens is 382 g/mol. The number of aromatic nitrogens is 2. The lowest BCUT2D eigenvalue weighted by Gasteiger charge is -2.34. The van der Waals surface area contributed by atoms with Gasteiger partial charge in [-0.3, -0.25) is 4.79 Å². The maximum absolute atomic E-state index is 13.3. The molecule has 2 N–H and O–H groups in total. The van der Waals surface area contributed by atoms with E-state index in [-0.39, 0.29) is 12.5 Å². The van der Waals surface area contributed by atoms with Crippen molar-refractivity contribution in [3.8, 4) is 0 Å². The van der Waals surface area contributed by atoms with Crippen molar-refractivity contribution in [1.82, 2.24) is 14.9 Å². The van der Waals surface area contributed by atoms with Gasteiger partial charge in [-0.25, -0.2) is 18.6 Å². The van der Waals surface area contributed by atoms with Crippen LogP contribution in [-0.2, 0) is 9.53 Å². The topological polar surface area (TPSA) is 87.3 Å². The van der Waals surface area contributed by atoms with Crippen molar-refractivity contribution in [3.63, 3.8) is 0 Å². The monoisotopic (exact) mass is 406 g/mol. The first-order valence-corrected chi connectivity index (χ1v) is 9.97. The summed E-state index contributed by atoms with van der Waals surface area (Å²) in [6.45, 7) is 3.02. The van der Waals surface area contributed by atoms with E-state index in [1.807, 2.05) is 13.0 Å². The average Bonchev–Trinajstić information content (AvgIpc) is 3.12. The molecular formula is C20H24F2N4O3. The molecule has 1 aliphatic carbocycles. The third kappa shape index (κ3) is 3.90. The highest BCUT2D eigenvalue weighted by atomic mass is 19.3. The number of nitrogens with one attached hydrogen (secondary N) is 2. The Hall–Kier alpha value is -2.71. The van der Waals surface area contributed by atoms with Crippen LogP contribution in [0.25, 0.3) is 11.0 Å². The highest BCUT2D eigenvalue weighted by Gasteiger charge is 2.62. The first kappa shape index (κ1) is 19.6. The van der Waals surface area contributed by atoms with Crippen LogP contribution in [0.2, 0.25) is 0 Å². The molecule has 4 rings (SSSR count). The Balaban J connectivity index is 1.54. The number of amides is 1. The first-order chi connectivity index (χ1) is 13.9. The summed E-state index contributed by atoms with van der Waals surface area (Å²) in [6, 6.07) is 1.66. The standard InChI is InChI=1S/C20H24F2N4O3/c1-2-8-29-19(28)14-10-24-17-13(5-6-23-17)16(14)25-12-4-3-7-26(11-12)18(27)15-9-20(15,21)22/h5-6,10,12,15H,2-4,7-9,11H2,1H3,(H2,23,24,25)/t12?,15-/m0/s1. The highest BCUT2D eigenvalue weighted by Crippen LogP contribution is 2.49. The molecule has 1 amide bonds. The number of halogens is 2. The molecule has 29 heavy (non-hydrogen) atoms. The van der Waals surface area contributed by atoms with E-state index in [1.165, 1.54) is 11.1 Å². The van der Waals surface area contributed by atoms with Gasteiger partial charge in [0.15, 0.2) is 0 Å². The summed E-state index contributed by atoms with van der Waals surface area (Å²) in [5.74, 6) is -4.99. The van der Waals surface area contributed by atoms with E-state index in [9.17, 15) is 18.4 Å². The summed E-state index contributed by atoms with van der Waals surface area (Å²) in [6.07, 6.45) is 5.02. The molecule has 2 fully saturated rings. The molecule has 9 heteroatoms. The summed E-state index contributed by atoms with van der Waals surface area (Å²) < 4.78 is 31.9. The van der Waals surface area contributed by atoms with Crippen LogP contribution in [0.5, 0.6) is 0 Å². The lowest BCUT2D eigenvalue weighted by atomic mass is 10.0. The number of hydrogen-bond acceptors (Lipinski definition) is 5. The van der Waals surface area contributed by atoms with Crippen molar-refractivity contribution in [2.75, 3.05) is 25.0 Å². The smallest absolute Gasteiger partial charge is 0.341 e.